The zero-order chi connectivity index (χ0) is 53.4. The fraction of sp³-hybridized carbons (Fsp3) is 0.867. The summed E-state index contributed by atoms with van der Waals surface area (Å²) in [6, 6.07) is -0.634. The van der Waals surface area contributed by atoms with Gasteiger partial charge in [0.1, 0.15) is 51.2 Å². The van der Waals surface area contributed by atoms with Crippen molar-refractivity contribution in [3.8, 4) is 0 Å². The number of hydrogen-bond acceptors (Lipinski definition) is 22. The second kappa shape index (κ2) is 42.2. The number of ketones is 2. The highest BCUT2D eigenvalue weighted by atomic mass is 31.2. The van der Waals surface area contributed by atoms with Gasteiger partial charge in [-0.1, -0.05) is 72.0 Å². The smallest absolute Gasteiger partial charge is 0.462 e. The summed E-state index contributed by atoms with van der Waals surface area (Å²) in [5.41, 5.74) is 10.9. The molecule has 0 aromatic carbocycles. The molecular weight excluding hydrogens is 975 g/mol. The lowest BCUT2D eigenvalue weighted by Crippen LogP contribution is -2.37. The fourth-order valence-corrected chi connectivity index (χ4v) is 8.48. The second-order valence-electron chi connectivity index (χ2n) is 17.9. The van der Waals surface area contributed by atoms with Crippen LogP contribution in [0.25, 0.3) is 0 Å². The molecule has 0 aliphatic carbocycles. The quantitative estimate of drug-likeness (QED) is 0.0136. The number of ether oxygens (including phenoxy) is 4. The molecule has 0 radical (unpaired) electrons. The number of nitrogens with one attached hydrogen (secondary N) is 2. The minimum Gasteiger partial charge on any atom is -0.462 e. The van der Waals surface area contributed by atoms with E-state index in [4.69, 9.17) is 53.0 Å². The molecule has 0 rings (SSSR count). The first-order valence-corrected chi connectivity index (χ1v) is 31.4. The highest BCUT2D eigenvalue weighted by Gasteiger charge is 2.47. The Morgan fingerprint density at radius 3 is 1.27 bits per heavy atom. The number of likely N-dealkylation sites (N-methyl/N-ethyl adjacent to an activating group) is 2. The number of rotatable bonds is 44. The summed E-state index contributed by atoms with van der Waals surface area (Å²) in [6.07, 6.45) is 8.40. The third kappa shape index (κ3) is 41.3. The van der Waals surface area contributed by atoms with E-state index in [1.54, 1.807) is 7.05 Å². The van der Waals surface area contributed by atoms with Crippen molar-refractivity contribution >= 4 is 59.9 Å². The van der Waals surface area contributed by atoms with Crippen molar-refractivity contribution in [3.63, 3.8) is 0 Å². The average Bonchev–Trinajstić information content (AvgIpc) is 3.28. The number of carbonyl (C=O) groups excluding carboxylic acids is 6. The predicted molar refractivity (Wildman–Crippen MR) is 270 cm³/mol. The molecule has 0 aliphatic heterocycles. The van der Waals surface area contributed by atoms with Gasteiger partial charge >= 0.3 is 40.2 Å². The molecule has 0 heterocycles. The summed E-state index contributed by atoms with van der Waals surface area (Å²) in [4.78, 5) is 103. The van der Waals surface area contributed by atoms with E-state index in [0.717, 1.165) is 57.4 Å². The van der Waals surface area contributed by atoms with E-state index in [9.17, 15) is 43.4 Å². The molecule has 25 heteroatoms. The Balaban J connectivity index is 0. The van der Waals surface area contributed by atoms with Gasteiger partial charge in [0, 0.05) is 33.8 Å². The van der Waals surface area contributed by atoms with Gasteiger partial charge in [-0.15, -0.1) is 9.05 Å². The van der Waals surface area contributed by atoms with Gasteiger partial charge in [-0.3, -0.25) is 28.8 Å². The van der Waals surface area contributed by atoms with Gasteiger partial charge < -0.3 is 41.0 Å². The number of carbonyl (C=O) groups is 6. The van der Waals surface area contributed by atoms with Gasteiger partial charge in [0.05, 0.1) is 18.7 Å². The zero-order valence-corrected chi connectivity index (χ0v) is 46.5. The van der Waals surface area contributed by atoms with E-state index < -0.39 is 79.2 Å². The predicted octanol–water partition coefficient (Wildman–Crippen LogP) is 5.19. The molecule has 0 aliphatic rings. The number of Topliss-reactive ketones (excluding diaryl/α,β-unsaturated/α-hetero) is 2. The Hall–Kier alpha value is -2.18. The molecule has 0 amide bonds. The lowest BCUT2D eigenvalue weighted by atomic mass is 10.2. The first-order chi connectivity index (χ1) is 33.0. The van der Waals surface area contributed by atoms with Crippen molar-refractivity contribution in [1.29, 1.82) is 0 Å². The SMILES string of the molecule is CCCCCC(=O)O[C@H](COC(=O)CCCCCN)CO[P+](O)(O)OCC(NC)C(C)=O.CCCCCC(=O)O[C@H](COC(=O)CCCCCN)CO[P+](O)(OCC[Si](C)(C)C)OCC(NC)C(C)=O. The number of unbranched alkanes of at least 4 members (excludes halogenated alkanes) is 8. The molecule has 0 saturated carbocycles. The largest absolute Gasteiger partial charge is 0.572 e. The summed E-state index contributed by atoms with van der Waals surface area (Å²) in [7, 11) is -6.49. The molecule has 0 fully saturated rings. The second-order valence-corrected chi connectivity index (χ2v) is 26.7. The summed E-state index contributed by atoms with van der Waals surface area (Å²) >= 11 is 0. The van der Waals surface area contributed by atoms with E-state index in [1.165, 1.54) is 20.9 Å². The van der Waals surface area contributed by atoms with Crippen molar-refractivity contribution in [2.24, 2.45) is 11.5 Å². The lowest BCUT2D eigenvalue weighted by Gasteiger charge is -2.22. The maximum atomic E-state index is 12.4. The fourth-order valence-electron chi connectivity index (χ4n) is 5.58. The summed E-state index contributed by atoms with van der Waals surface area (Å²) in [5, 5.41) is 5.50. The number of hydrogen-bond donors (Lipinski definition) is 7. The van der Waals surface area contributed by atoms with Crippen molar-refractivity contribution in [2.45, 2.75) is 180 Å². The minimum atomic E-state index is -4.28. The van der Waals surface area contributed by atoms with Crippen LogP contribution in [0.5, 0.6) is 0 Å². The van der Waals surface area contributed by atoms with Crippen LogP contribution in [-0.2, 0) is 70.3 Å². The standard InChI is InChI=1S/C25H52N2O9PSi.C20H40N2O9P/c1-7-8-10-14-25(30)36-22(18-32-24(29)13-11-9-12-15-26)19-34-37(31,33-16-17-38(4,5)6)35-20-23(27-3)21(2)28;1-4-5-7-11-20(25)31-17(13-28-19(24)10-8-6-9-12-21)14-29-32(26,27)30-15-18(22-3)16(2)23/h22-23,27,31H,7-20,26H2,1-6H3;17-18,22,26-27H,4-15,21H2,1-3H3/q2*+1/t22-,23?,37?;17-,18?/m11/s1. The van der Waals surface area contributed by atoms with E-state index in [0.29, 0.717) is 38.8 Å². The average molecular weight is 1070 g/mol. The maximum Gasteiger partial charge on any atom is 0.572 e. The zero-order valence-electron chi connectivity index (χ0n) is 43.7. The van der Waals surface area contributed by atoms with Crippen molar-refractivity contribution < 1.29 is 85.0 Å². The van der Waals surface area contributed by atoms with Gasteiger partial charge in [0.15, 0.2) is 12.2 Å². The van der Waals surface area contributed by atoms with Crippen molar-refractivity contribution in [2.75, 3.05) is 73.4 Å². The summed E-state index contributed by atoms with van der Waals surface area (Å²) in [6.45, 7) is 12.9. The van der Waals surface area contributed by atoms with E-state index in [2.05, 4.69) is 30.3 Å². The van der Waals surface area contributed by atoms with Gasteiger partial charge in [0.25, 0.3) is 0 Å². The van der Waals surface area contributed by atoms with Crippen LogP contribution < -0.4 is 22.1 Å². The van der Waals surface area contributed by atoms with Crippen LogP contribution in [0.3, 0.4) is 0 Å². The first kappa shape index (κ1) is 69.9. The highest BCUT2D eigenvalue weighted by Crippen LogP contribution is 2.58. The Labute approximate surface area is 419 Å². The van der Waals surface area contributed by atoms with Crippen molar-refractivity contribution in [1.82, 2.24) is 10.6 Å². The molecular formula is C45H92N4O18P2Si+2. The molecule has 0 aromatic rings. The van der Waals surface area contributed by atoms with Crippen LogP contribution in [-0.4, -0.2) is 156 Å². The topological polar surface area (TPSA) is 322 Å². The van der Waals surface area contributed by atoms with Crippen molar-refractivity contribution in [3.05, 3.63) is 0 Å². The third-order valence-corrected chi connectivity index (χ3v) is 14.2. The third-order valence-electron chi connectivity index (χ3n) is 10.0. The number of nitrogens with two attached hydrogens (primary N) is 2. The summed E-state index contributed by atoms with van der Waals surface area (Å²) in [5.74, 6) is -2.24. The van der Waals surface area contributed by atoms with Crippen LogP contribution in [0, 0.1) is 0 Å². The molecule has 5 atom stereocenters. The Kier molecular flexibility index (Phi) is 42.1. The normalized spacial score (nSPS) is 14.3. The Bertz CT molecular complexity index is 1440. The monoisotopic (exact) mass is 1070 g/mol. The molecule has 0 aromatic heterocycles. The van der Waals surface area contributed by atoms with E-state index in [1.807, 2.05) is 13.8 Å². The minimum absolute atomic E-state index is 0.164. The Morgan fingerprint density at radius 2 is 0.886 bits per heavy atom. The molecule has 0 bridgehead atoms. The van der Waals surface area contributed by atoms with E-state index >= 15 is 0 Å². The van der Waals surface area contributed by atoms with Crippen LogP contribution in [0.4, 0.5) is 0 Å². The molecule has 70 heavy (non-hydrogen) atoms. The molecule has 22 nitrogen and oxygen atoms in total. The summed E-state index contributed by atoms with van der Waals surface area (Å²) < 4.78 is 48.2. The van der Waals surface area contributed by atoms with Gasteiger partial charge in [0.2, 0.25) is 0 Å². The first-order valence-electron chi connectivity index (χ1n) is 24.6. The van der Waals surface area contributed by atoms with Crippen LogP contribution >= 0.6 is 16.3 Å². The molecule has 3 unspecified atom stereocenters. The van der Waals surface area contributed by atoms with Crippen LogP contribution in [0.2, 0.25) is 25.7 Å². The molecule has 0 saturated heterocycles. The highest BCUT2D eigenvalue weighted by molar-refractivity contribution is 7.55. The van der Waals surface area contributed by atoms with Gasteiger partial charge in [-0.05, 0) is 85.6 Å². The van der Waals surface area contributed by atoms with E-state index in [-0.39, 0.29) is 76.9 Å². The van der Waals surface area contributed by atoms with Gasteiger partial charge in [-0.25, -0.2) is 0 Å². The molecule has 412 valence electrons. The van der Waals surface area contributed by atoms with Gasteiger partial charge in [-0.2, -0.15) is 28.3 Å². The lowest BCUT2D eigenvalue weighted by molar-refractivity contribution is -0.161. The maximum absolute atomic E-state index is 12.4. The van der Waals surface area contributed by atoms with Crippen LogP contribution in [0.15, 0.2) is 0 Å². The number of esters is 4. The molecule has 0 spiro atoms. The Morgan fingerprint density at radius 1 is 0.514 bits per heavy atom. The molecule has 9 N–H and O–H groups in total. The van der Waals surface area contributed by atoms with Crippen LogP contribution in [0.1, 0.15) is 130 Å².